The first-order valence-electron chi connectivity index (χ1n) is 9.39. The first kappa shape index (κ1) is 21.7. The molecule has 32 heavy (non-hydrogen) atoms. The zero-order valence-electron chi connectivity index (χ0n) is 16.9. The largest absolute Gasteiger partial charge is 0.462 e. The number of aryl methyl sites for hydroxylation is 2. The van der Waals surface area contributed by atoms with Gasteiger partial charge < -0.3 is 9.73 Å². The van der Waals surface area contributed by atoms with Gasteiger partial charge in [0.25, 0.3) is 15.9 Å². The molecule has 2 heterocycles. The number of fused-ring (bicyclic) bond motifs is 1. The van der Waals surface area contributed by atoms with E-state index in [9.17, 15) is 26.4 Å². The molecule has 0 atom stereocenters. The lowest BCUT2D eigenvalue weighted by Gasteiger charge is -2.11. The van der Waals surface area contributed by atoms with Crippen LogP contribution in [0.5, 0.6) is 0 Å². The van der Waals surface area contributed by atoms with Gasteiger partial charge in [-0.25, -0.2) is 8.42 Å². The number of nitrogens with one attached hydrogen (secondary N) is 2. The van der Waals surface area contributed by atoms with Gasteiger partial charge in [-0.2, -0.15) is 13.2 Å². The van der Waals surface area contributed by atoms with Gasteiger partial charge in [-0.05, 0) is 74.0 Å². The second-order valence-corrected chi connectivity index (χ2v) is 8.97. The minimum Gasteiger partial charge on any atom is -0.462 e. The van der Waals surface area contributed by atoms with Crippen LogP contribution in [0.2, 0.25) is 0 Å². The SMILES string of the molecule is Cc1cc(/C=C2/C(=O)Nc3ccc(S(=O)(=O)Nc4ccc(C(F)(F)F)cc4)cc32)oc1C. The summed E-state index contributed by atoms with van der Waals surface area (Å²) in [6, 6.07) is 9.49. The number of furan rings is 1. The highest BCUT2D eigenvalue weighted by molar-refractivity contribution is 7.92. The second-order valence-electron chi connectivity index (χ2n) is 7.29. The van der Waals surface area contributed by atoms with E-state index in [1.807, 2.05) is 6.92 Å². The number of halogens is 3. The molecular weight excluding hydrogens is 445 g/mol. The number of sulfonamides is 1. The van der Waals surface area contributed by atoms with E-state index in [1.54, 1.807) is 13.0 Å². The molecule has 0 radical (unpaired) electrons. The maximum Gasteiger partial charge on any atom is 0.416 e. The molecule has 2 N–H and O–H groups in total. The number of carbonyl (C=O) groups is 1. The van der Waals surface area contributed by atoms with Gasteiger partial charge in [0.05, 0.1) is 16.0 Å². The van der Waals surface area contributed by atoms with Gasteiger partial charge in [-0.1, -0.05) is 0 Å². The van der Waals surface area contributed by atoms with Gasteiger partial charge in [0.2, 0.25) is 0 Å². The molecule has 0 aliphatic carbocycles. The molecule has 0 unspecified atom stereocenters. The van der Waals surface area contributed by atoms with Crippen molar-refractivity contribution in [2.75, 3.05) is 10.0 Å². The van der Waals surface area contributed by atoms with Gasteiger partial charge >= 0.3 is 6.18 Å². The summed E-state index contributed by atoms with van der Waals surface area (Å²) in [5.41, 5.74) is 1.05. The van der Waals surface area contributed by atoms with Crippen LogP contribution in [-0.4, -0.2) is 14.3 Å². The summed E-state index contributed by atoms with van der Waals surface area (Å²) < 4.78 is 71.6. The predicted molar refractivity (Wildman–Crippen MR) is 113 cm³/mol. The highest BCUT2D eigenvalue weighted by atomic mass is 32.2. The van der Waals surface area contributed by atoms with Crippen molar-refractivity contribution in [3.05, 3.63) is 76.7 Å². The number of amides is 1. The Kier molecular flexibility index (Phi) is 5.12. The molecule has 4 rings (SSSR count). The van der Waals surface area contributed by atoms with Crippen LogP contribution in [0.15, 0.2) is 57.8 Å². The van der Waals surface area contributed by atoms with E-state index >= 15 is 0 Å². The number of rotatable bonds is 4. The Hall–Kier alpha value is -3.53. The summed E-state index contributed by atoms with van der Waals surface area (Å²) in [6.07, 6.45) is -2.99. The molecule has 1 aliphatic rings. The molecule has 0 spiro atoms. The van der Waals surface area contributed by atoms with Crippen LogP contribution in [0.1, 0.15) is 28.2 Å². The van der Waals surface area contributed by atoms with Crippen LogP contribution in [0.3, 0.4) is 0 Å². The summed E-state index contributed by atoms with van der Waals surface area (Å²) in [5.74, 6) is 0.749. The van der Waals surface area contributed by atoms with Crippen molar-refractivity contribution in [3.63, 3.8) is 0 Å². The quantitative estimate of drug-likeness (QED) is 0.521. The first-order chi connectivity index (χ1) is 14.9. The number of benzene rings is 2. The van der Waals surface area contributed by atoms with Crippen molar-refractivity contribution >= 4 is 39.0 Å². The minimum absolute atomic E-state index is 0.0231. The maximum atomic E-state index is 12.8. The summed E-state index contributed by atoms with van der Waals surface area (Å²) in [5, 5.41) is 2.67. The average Bonchev–Trinajstić information content (AvgIpc) is 3.19. The maximum absolute atomic E-state index is 12.8. The third-order valence-corrected chi connectivity index (χ3v) is 6.40. The zero-order valence-corrected chi connectivity index (χ0v) is 17.7. The molecule has 0 saturated heterocycles. The zero-order chi connectivity index (χ0) is 23.3. The molecule has 1 aromatic heterocycles. The number of anilines is 2. The van der Waals surface area contributed by atoms with E-state index in [2.05, 4.69) is 10.0 Å². The summed E-state index contributed by atoms with van der Waals surface area (Å²) in [6.45, 7) is 3.65. The molecule has 166 valence electrons. The summed E-state index contributed by atoms with van der Waals surface area (Å²) in [7, 11) is -4.12. The lowest BCUT2D eigenvalue weighted by atomic mass is 10.1. The van der Waals surface area contributed by atoms with Gasteiger partial charge in [0.15, 0.2) is 0 Å². The Morgan fingerprint density at radius 1 is 1.03 bits per heavy atom. The Labute approximate surface area is 181 Å². The fraction of sp³-hybridized carbons (Fsp3) is 0.136. The van der Waals surface area contributed by atoms with Gasteiger partial charge in [-0.3, -0.25) is 9.52 Å². The van der Waals surface area contributed by atoms with E-state index in [0.29, 0.717) is 22.8 Å². The van der Waals surface area contributed by atoms with Crippen molar-refractivity contribution in [1.82, 2.24) is 0 Å². The lowest BCUT2D eigenvalue weighted by Crippen LogP contribution is -2.13. The number of hydrogen-bond acceptors (Lipinski definition) is 4. The van der Waals surface area contributed by atoms with E-state index in [0.717, 1.165) is 29.8 Å². The van der Waals surface area contributed by atoms with Crippen LogP contribution in [0.25, 0.3) is 11.6 Å². The van der Waals surface area contributed by atoms with Crippen LogP contribution in [0, 0.1) is 13.8 Å². The van der Waals surface area contributed by atoms with Crippen molar-refractivity contribution in [2.45, 2.75) is 24.9 Å². The van der Waals surface area contributed by atoms with Crippen molar-refractivity contribution in [3.8, 4) is 0 Å². The van der Waals surface area contributed by atoms with Gasteiger partial charge in [0.1, 0.15) is 11.5 Å². The Balaban J connectivity index is 1.66. The molecule has 0 bridgehead atoms. The molecule has 0 fully saturated rings. The van der Waals surface area contributed by atoms with Crippen LogP contribution >= 0.6 is 0 Å². The van der Waals surface area contributed by atoms with Crippen LogP contribution in [-0.2, 0) is 21.0 Å². The van der Waals surface area contributed by atoms with Crippen molar-refractivity contribution in [1.29, 1.82) is 0 Å². The van der Waals surface area contributed by atoms with E-state index in [4.69, 9.17) is 4.42 Å². The van der Waals surface area contributed by atoms with Crippen molar-refractivity contribution < 1.29 is 30.8 Å². The fourth-order valence-corrected chi connectivity index (χ4v) is 4.32. The Morgan fingerprint density at radius 3 is 2.31 bits per heavy atom. The molecule has 1 aliphatic heterocycles. The molecule has 6 nitrogen and oxygen atoms in total. The normalized spacial score (nSPS) is 15.0. The summed E-state index contributed by atoms with van der Waals surface area (Å²) in [4.78, 5) is 12.3. The number of carbonyl (C=O) groups excluding carboxylic acids is 1. The first-order valence-corrected chi connectivity index (χ1v) is 10.9. The molecule has 2 aromatic carbocycles. The van der Waals surface area contributed by atoms with Crippen LogP contribution < -0.4 is 10.0 Å². The highest BCUT2D eigenvalue weighted by Crippen LogP contribution is 2.36. The molecule has 10 heteroatoms. The third-order valence-electron chi connectivity index (χ3n) is 5.02. The highest BCUT2D eigenvalue weighted by Gasteiger charge is 2.30. The molecule has 3 aromatic rings. The third kappa shape index (κ3) is 4.13. The monoisotopic (exact) mass is 462 g/mol. The standard InChI is InChI=1S/C22H17F3N2O4S/c1-12-9-16(31-13(12)2)10-19-18-11-17(7-8-20(18)26-21(19)28)32(29,30)27-15-5-3-14(4-6-15)22(23,24)25/h3-11,27H,1-2H3,(H,26,28)/b19-10+. The average molecular weight is 462 g/mol. The fourth-order valence-electron chi connectivity index (χ4n) is 3.23. The van der Waals surface area contributed by atoms with Gasteiger partial charge in [0, 0.05) is 16.9 Å². The molecular formula is C22H17F3N2O4S. The Morgan fingerprint density at radius 2 is 1.72 bits per heavy atom. The van der Waals surface area contributed by atoms with E-state index in [1.165, 1.54) is 24.3 Å². The van der Waals surface area contributed by atoms with Crippen LogP contribution in [0.4, 0.5) is 24.5 Å². The molecule has 0 saturated carbocycles. The minimum atomic E-state index is -4.52. The van der Waals surface area contributed by atoms with E-state index < -0.39 is 27.7 Å². The number of hydrogen-bond donors (Lipinski definition) is 2. The second kappa shape index (κ2) is 7.56. The Bertz CT molecular complexity index is 1340. The van der Waals surface area contributed by atoms with Gasteiger partial charge in [-0.15, -0.1) is 0 Å². The topological polar surface area (TPSA) is 88.4 Å². The lowest BCUT2D eigenvalue weighted by molar-refractivity contribution is -0.137. The number of alkyl halides is 3. The smallest absolute Gasteiger partial charge is 0.416 e. The molecule has 1 amide bonds. The van der Waals surface area contributed by atoms with E-state index in [-0.39, 0.29) is 16.2 Å². The predicted octanol–water partition coefficient (Wildman–Crippen LogP) is 5.21. The van der Waals surface area contributed by atoms with Crippen molar-refractivity contribution in [2.24, 2.45) is 0 Å². The summed E-state index contributed by atoms with van der Waals surface area (Å²) >= 11 is 0.